The van der Waals surface area contributed by atoms with Gasteiger partial charge in [0.1, 0.15) is 0 Å². The first-order chi connectivity index (χ1) is 13.0. The van der Waals surface area contributed by atoms with Crippen LogP contribution >= 0.6 is 22.9 Å². The molecule has 0 unspecified atom stereocenters. The number of rotatable bonds is 6. The van der Waals surface area contributed by atoms with Crippen LogP contribution in [-0.4, -0.2) is 27.3 Å². The standard InChI is InChI=1S/C20H22ClN3O2S/c1-5-24-20-14(11-22-24)18(15-8-9-16(21)27-15)13(19(23-20)12(3)4)7-10-17(25)26-6-2/h7-12H,5-6H2,1-4H3. The van der Waals surface area contributed by atoms with E-state index in [9.17, 15) is 4.79 Å². The van der Waals surface area contributed by atoms with Gasteiger partial charge in [-0.05, 0) is 38.0 Å². The Morgan fingerprint density at radius 2 is 2.15 bits per heavy atom. The van der Waals surface area contributed by atoms with E-state index in [0.29, 0.717) is 10.9 Å². The van der Waals surface area contributed by atoms with E-state index in [2.05, 4.69) is 18.9 Å². The van der Waals surface area contributed by atoms with Gasteiger partial charge in [-0.2, -0.15) is 5.10 Å². The van der Waals surface area contributed by atoms with Crippen molar-refractivity contribution in [1.82, 2.24) is 14.8 Å². The Morgan fingerprint density at radius 3 is 2.74 bits per heavy atom. The van der Waals surface area contributed by atoms with E-state index in [1.54, 1.807) is 13.0 Å². The zero-order valence-corrected chi connectivity index (χ0v) is 17.4. The summed E-state index contributed by atoms with van der Waals surface area (Å²) >= 11 is 7.71. The summed E-state index contributed by atoms with van der Waals surface area (Å²) in [7, 11) is 0. The van der Waals surface area contributed by atoms with Gasteiger partial charge in [0, 0.05) is 34.0 Å². The molecule has 5 nitrogen and oxygen atoms in total. The lowest BCUT2D eigenvalue weighted by molar-refractivity contribution is -0.137. The molecular weight excluding hydrogens is 382 g/mol. The van der Waals surface area contributed by atoms with Crippen molar-refractivity contribution in [3.63, 3.8) is 0 Å². The molecule has 0 aliphatic rings. The van der Waals surface area contributed by atoms with E-state index in [-0.39, 0.29) is 11.9 Å². The first-order valence-electron chi connectivity index (χ1n) is 8.96. The summed E-state index contributed by atoms with van der Waals surface area (Å²) in [6.45, 7) is 9.09. The Labute approximate surface area is 167 Å². The third-order valence-electron chi connectivity index (χ3n) is 4.19. The van der Waals surface area contributed by atoms with Crippen LogP contribution in [0.1, 0.15) is 44.9 Å². The van der Waals surface area contributed by atoms with Gasteiger partial charge in [0.05, 0.1) is 22.8 Å². The molecule has 0 aliphatic carbocycles. The predicted octanol–water partition coefficient (Wildman–Crippen LogP) is 5.53. The van der Waals surface area contributed by atoms with E-state index in [0.717, 1.165) is 39.3 Å². The molecule has 0 saturated carbocycles. The molecule has 0 amide bonds. The van der Waals surface area contributed by atoms with Gasteiger partial charge >= 0.3 is 5.97 Å². The predicted molar refractivity (Wildman–Crippen MR) is 111 cm³/mol. The van der Waals surface area contributed by atoms with Gasteiger partial charge < -0.3 is 4.74 Å². The zero-order chi connectivity index (χ0) is 19.6. The second-order valence-electron chi connectivity index (χ2n) is 6.33. The van der Waals surface area contributed by atoms with Crippen LogP contribution in [0.25, 0.3) is 27.6 Å². The number of aryl methyl sites for hydroxylation is 1. The van der Waals surface area contributed by atoms with Crippen molar-refractivity contribution in [2.45, 2.75) is 40.2 Å². The van der Waals surface area contributed by atoms with Crippen molar-refractivity contribution in [3.8, 4) is 10.4 Å². The van der Waals surface area contributed by atoms with E-state index in [1.165, 1.54) is 17.4 Å². The first kappa shape index (κ1) is 19.6. The second-order valence-corrected chi connectivity index (χ2v) is 8.04. The van der Waals surface area contributed by atoms with E-state index >= 15 is 0 Å². The lowest BCUT2D eigenvalue weighted by Gasteiger charge is -2.15. The minimum absolute atomic E-state index is 0.172. The summed E-state index contributed by atoms with van der Waals surface area (Å²) < 4.78 is 7.64. The number of thiophene rings is 1. The smallest absolute Gasteiger partial charge is 0.330 e. The zero-order valence-electron chi connectivity index (χ0n) is 15.8. The molecule has 0 aliphatic heterocycles. The second kappa shape index (κ2) is 8.23. The molecule has 3 rings (SSSR count). The van der Waals surface area contributed by atoms with E-state index < -0.39 is 0 Å². The van der Waals surface area contributed by atoms with Crippen LogP contribution in [0, 0.1) is 0 Å². The summed E-state index contributed by atoms with van der Waals surface area (Å²) in [5.74, 6) is -0.197. The Hall–Kier alpha value is -2.18. The van der Waals surface area contributed by atoms with Crippen LogP contribution in [0.5, 0.6) is 0 Å². The van der Waals surface area contributed by atoms with Crippen molar-refractivity contribution in [2.24, 2.45) is 0 Å². The number of esters is 1. The summed E-state index contributed by atoms with van der Waals surface area (Å²) in [6.07, 6.45) is 5.09. The lowest BCUT2D eigenvalue weighted by atomic mass is 9.95. The van der Waals surface area contributed by atoms with Gasteiger partial charge in [0.2, 0.25) is 0 Å². The number of fused-ring (bicyclic) bond motifs is 1. The van der Waals surface area contributed by atoms with E-state index in [4.69, 9.17) is 21.3 Å². The average molecular weight is 404 g/mol. The highest BCUT2D eigenvalue weighted by Crippen LogP contribution is 2.40. The van der Waals surface area contributed by atoms with Gasteiger partial charge in [-0.1, -0.05) is 25.4 Å². The number of halogens is 1. The van der Waals surface area contributed by atoms with Crippen LogP contribution < -0.4 is 0 Å². The first-order valence-corrected chi connectivity index (χ1v) is 10.2. The Kier molecular flexibility index (Phi) is 5.97. The van der Waals surface area contributed by atoms with Gasteiger partial charge in [-0.15, -0.1) is 11.3 Å². The highest BCUT2D eigenvalue weighted by atomic mass is 35.5. The number of carbonyl (C=O) groups is 1. The number of pyridine rings is 1. The monoisotopic (exact) mass is 403 g/mol. The SMILES string of the molecule is CCOC(=O)C=Cc1c(C(C)C)nc2c(cnn2CC)c1-c1ccc(Cl)s1. The number of aromatic nitrogens is 3. The normalized spacial score (nSPS) is 11.8. The van der Waals surface area contributed by atoms with Crippen LogP contribution in [0.2, 0.25) is 4.34 Å². The Morgan fingerprint density at radius 1 is 1.37 bits per heavy atom. The molecule has 0 atom stereocenters. The molecule has 0 bridgehead atoms. The maximum absolute atomic E-state index is 11.9. The van der Waals surface area contributed by atoms with Gasteiger partial charge in [-0.3, -0.25) is 0 Å². The minimum Gasteiger partial charge on any atom is -0.463 e. The molecule has 7 heteroatoms. The van der Waals surface area contributed by atoms with Crippen LogP contribution in [0.3, 0.4) is 0 Å². The van der Waals surface area contributed by atoms with Gasteiger partial charge in [-0.25, -0.2) is 14.5 Å². The van der Waals surface area contributed by atoms with Crippen LogP contribution in [-0.2, 0) is 16.1 Å². The Bertz CT molecular complexity index is 1000. The van der Waals surface area contributed by atoms with Crippen molar-refractivity contribution >= 4 is 46.0 Å². The number of ether oxygens (including phenoxy) is 1. The van der Waals surface area contributed by atoms with Crippen LogP contribution in [0.4, 0.5) is 0 Å². The van der Waals surface area contributed by atoms with Crippen molar-refractivity contribution in [3.05, 3.63) is 40.0 Å². The Balaban J connectivity index is 2.32. The highest BCUT2D eigenvalue weighted by Gasteiger charge is 2.21. The molecule has 0 fully saturated rings. The summed E-state index contributed by atoms with van der Waals surface area (Å²) in [6, 6.07) is 3.88. The molecule has 27 heavy (non-hydrogen) atoms. The third-order valence-corrected chi connectivity index (χ3v) is 5.44. The average Bonchev–Trinajstić information content (AvgIpc) is 3.24. The van der Waals surface area contributed by atoms with Gasteiger partial charge in [0.25, 0.3) is 0 Å². The number of hydrogen-bond donors (Lipinski definition) is 0. The van der Waals surface area contributed by atoms with Gasteiger partial charge in [0.15, 0.2) is 5.65 Å². The fourth-order valence-electron chi connectivity index (χ4n) is 3.02. The van der Waals surface area contributed by atoms with E-state index in [1.807, 2.05) is 29.9 Å². The molecular formula is C20H22ClN3O2S. The third kappa shape index (κ3) is 3.92. The molecule has 0 radical (unpaired) electrons. The maximum atomic E-state index is 11.9. The molecule has 0 aromatic carbocycles. The molecule has 0 spiro atoms. The molecule has 0 N–H and O–H groups in total. The fraction of sp³-hybridized carbons (Fsp3) is 0.350. The molecule has 3 aromatic rings. The summed E-state index contributed by atoms with van der Waals surface area (Å²) in [4.78, 5) is 17.8. The summed E-state index contributed by atoms with van der Waals surface area (Å²) in [5.41, 5.74) is 3.66. The number of nitrogens with zero attached hydrogens (tertiary/aromatic N) is 3. The minimum atomic E-state index is -0.369. The molecule has 142 valence electrons. The van der Waals surface area contributed by atoms with Crippen LogP contribution in [0.15, 0.2) is 24.4 Å². The summed E-state index contributed by atoms with van der Waals surface area (Å²) in [5, 5.41) is 5.43. The number of carbonyl (C=O) groups excluding carboxylic acids is 1. The molecule has 3 aromatic heterocycles. The topological polar surface area (TPSA) is 57.0 Å². The quantitative estimate of drug-likeness (QED) is 0.401. The highest BCUT2D eigenvalue weighted by molar-refractivity contribution is 7.19. The maximum Gasteiger partial charge on any atom is 0.330 e. The van der Waals surface area contributed by atoms with Crippen molar-refractivity contribution in [2.75, 3.05) is 6.61 Å². The number of hydrogen-bond acceptors (Lipinski definition) is 5. The van der Waals surface area contributed by atoms with Crippen molar-refractivity contribution < 1.29 is 9.53 Å². The fourth-order valence-corrected chi connectivity index (χ4v) is 4.13. The molecule has 0 saturated heterocycles. The van der Waals surface area contributed by atoms with Crippen molar-refractivity contribution in [1.29, 1.82) is 0 Å². The molecule has 3 heterocycles. The lowest BCUT2D eigenvalue weighted by Crippen LogP contribution is -2.05. The largest absolute Gasteiger partial charge is 0.463 e.